The van der Waals surface area contributed by atoms with Gasteiger partial charge < -0.3 is 15.0 Å². The van der Waals surface area contributed by atoms with Gasteiger partial charge in [-0.1, -0.05) is 23.7 Å². The molecule has 0 aliphatic carbocycles. The Bertz CT molecular complexity index is 537. The van der Waals surface area contributed by atoms with E-state index in [0.717, 1.165) is 32.4 Å². The third-order valence-corrected chi connectivity index (χ3v) is 4.87. The fourth-order valence-corrected chi connectivity index (χ4v) is 3.54. The number of carbonyl (C=O) groups excluding carboxylic acids is 1. The van der Waals surface area contributed by atoms with Gasteiger partial charge in [0.25, 0.3) is 0 Å². The second-order valence-electron chi connectivity index (χ2n) is 6.32. The van der Waals surface area contributed by atoms with Crippen LogP contribution >= 0.6 is 11.6 Å². The Kier molecular flexibility index (Phi) is 4.89. The minimum atomic E-state index is 0.0444. The zero-order chi connectivity index (χ0) is 15.5. The topological polar surface area (TPSA) is 41.6 Å². The van der Waals surface area contributed by atoms with Crippen LogP contribution < -0.4 is 10.1 Å². The predicted molar refractivity (Wildman–Crippen MR) is 87.3 cm³/mol. The number of piperidine rings is 1. The summed E-state index contributed by atoms with van der Waals surface area (Å²) in [5.41, 5.74) is 0. The molecule has 1 N–H and O–H groups in total. The molecular formula is C17H23ClN2O2. The van der Waals surface area contributed by atoms with E-state index < -0.39 is 0 Å². The van der Waals surface area contributed by atoms with E-state index in [2.05, 4.69) is 12.2 Å². The van der Waals surface area contributed by atoms with Crippen LogP contribution in [-0.2, 0) is 4.79 Å². The van der Waals surface area contributed by atoms with Crippen molar-refractivity contribution in [3.05, 3.63) is 29.3 Å². The van der Waals surface area contributed by atoms with E-state index in [4.69, 9.17) is 16.3 Å². The van der Waals surface area contributed by atoms with Gasteiger partial charge in [-0.05, 0) is 38.4 Å². The molecular weight excluding hydrogens is 300 g/mol. The van der Waals surface area contributed by atoms with Crippen LogP contribution in [0.5, 0.6) is 5.75 Å². The quantitative estimate of drug-likeness (QED) is 0.930. The monoisotopic (exact) mass is 322 g/mol. The average Bonchev–Trinajstić information content (AvgIpc) is 2.97. The third-order valence-electron chi connectivity index (χ3n) is 4.56. The van der Waals surface area contributed by atoms with Gasteiger partial charge in [0.05, 0.1) is 11.6 Å². The minimum Gasteiger partial charge on any atom is -0.487 e. The SMILES string of the molecule is C[C@H]1C[C@@H](C(=O)N2CCC(Oc3ccccc3Cl)C2)CCN1. The van der Waals surface area contributed by atoms with Crippen molar-refractivity contribution in [2.24, 2.45) is 5.92 Å². The summed E-state index contributed by atoms with van der Waals surface area (Å²) >= 11 is 6.13. The highest BCUT2D eigenvalue weighted by molar-refractivity contribution is 6.32. The molecule has 3 rings (SSSR count). The van der Waals surface area contributed by atoms with Crippen molar-refractivity contribution in [3.63, 3.8) is 0 Å². The summed E-state index contributed by atoms with van der Waals surface area (Å²) < 4.78 is 5.96. The highest BCUT2D eigenvalue weighted by Gasteiger charge is 2.33. The first-order valence-corrected chi connectivity index (χ1v) is 8.44. The van der Waals surface area contributed by atoms with Crippen LogP contribution in [0.2, 0.25) is 5.02 Å². The van der Waals surface area contributed by atoms with E-state index in [-0.39, 0.29) is 12.0 Å². The summed E-state index contributed by atoms with van der Waals surface area (Å²) in [6.07, 6.45) is 2.79. The molecule has 0 radical (unpaired) electrons. The van der Waals surface area contributed by atoms with Gasteiger partial charge in [0.2, 0.25) is 5.91 Å². The normalized spacial score (nSPS) is 28.6. The van der Waals surface area contributed by atoms with Crippen LogP contribution in [0.1, 0.15) is 26.2 Å². The van der Waals surface area contributed by atoms with Crippen molar-refractivity contribution in [2.75, 3.05) is 19.6 Å². The number of hydrogen-bond acceptors (Lipinski definition) is 3. The van der Waals surface area contributed by atoms with Crippen molar-refractivity contribution in [2.45, 2.75) is 38.3 Å². The average molecular weight is 323 g/mol. The lowest BCUT2D eigenvalue weighted by Gasteiger charge is -2.30. The number of rotatable bonds is 3. The fraction of sp³-hybridized carbons (Fsp3) is 0.588. The van der Waals surface area contributed by atoms with Crippen LogP contribution in [0.25, 0.3) is 0 Å². The fourth-order valence-electron chi connectivity index (χ4n) is 3.36. The van der Waals surface area contributed by atoms with E-state index in [9.17, 15) is 4.79 Å². The molecule has 120 valence electrons. The van der Waals surface area contributed by atoms with Gasteiger partial charge in [-0.2, -0.15) is 0 Å². The second-order valence-corrected chi connectivity index (χ2v) is 6.73. The standard InChI is InChI=1S/C17H23ClN2O2/c1-12-10-13(6-8-19-12)17(21)20-9-7-14(11-20)22-16-5-3-2-4-15(16)18/h2-5,12-14,19H,6-11H2,1H3/t12-,13-,14?/m0/s1. The molecule has 1 amide bonds. The van der Waals surface area contributed by atoms with Crippen LogP contribution in [-0.4, -0.2) is 42.6 Å². The number of likely N-dealkylation sites (tertiary alicyclic amines) is 1. The Labute approximate surface area is 136 Å². The molecule has 0 spiro atoms. The van der Waals surface area contributed by atoms with Gasteiger partial charge >= 0.3 is 0 Å². The molecule has 1 aromatic rings. The van der Waals surface area contributed by atoms with Crippen molar-refractivity contribution < 1.29 is 9.53 Å². The van der Waals surface area contributed by atoms with Gasteiger partial charge in [-0.3, -0.25) is 4.79 Å². The zero-order valence-electron chi connectivity index (χ0n) is 12.9. The first-order chi connectivity index (χ1) is 10.6. The van der Waals surface area contributed by atoms with E-state index in [1.165, 1.54) is 0 Å². The Morgan fingerprint density at radius 1 is 1.36 bits per heavy atom. The molecule has 2 heterocycles. The molecule has 2 aliphatic rings. The maximum absolute atomic E-state index is 12.6. The smallest absolute Gasteiger partial charge is 0.225 e. The Morgan fingerprint density at radius 2 is 2.18 bits per heavy atom. The van der Waals surface area contributed by atoms with Crippen LogP contribution in [0.3, 0.4) is 0 Å². The largest absolute Gasteiger partial charge is 0.487 e. The maximum Gasteiger partial charge on any atom is 0.225 e. The van der Waals surface area contributed by atoms with Gasteiger partial charge in [-0.25, -0.2) is 0 Å². The third kappa shape index (κ3) is 3.55. The van der Waals surface area contributed by atoms with Crippen molar-refractivity contribution in [1.29, 1.82) is 0 Å². The Hall–Kier alpha value is -1.26. The first kappa shape index (κ1) is 15.6. The van der Waals surface area contributed by atoms with Gasteiger partial charge in [0, 0.05) is 24.9 Å². The number of nitrogens with zero attached hydrogens (tertiary/aromatic N) is 1. The number of carbonyl (C=O) groups is 1. The van der Waals surface area contributed by atoms with Gasteiger partial charge in [0.15, 0.2) is 0 Å². The highest BCUT2D eigenvalue weighted by atomic mass is 35.5. The van der Waals surface area contributed by atoms with E-state index >= 15 is 0 Å². The van der Waals surface area contributed by atoms with Gasteiger partial charge in [-0.15, -0.1) is 0 Å². The molecule has 4 nitrogen and oxygen atoms in total. The number of nitrogens with one attached hydrogen (secondary N) is 1. The molecule has 2 fully saturated rings. The molecule has 2 aliphatic heterocycles. The first-order valence-electron chi connectivity index (χ1n) is 8.07. The summed E-state index contributed by atoms with van der Waals surface area (Å²) in [6.45, 7) is 4.53. The predicted octanol–water partition coefficient (Wildman–Crippen LogP) is 2.71. The number of para-hydroxylation sites is 1. The summed E-state index contributed by atoms with van der Waals surface area (Å²) in [7, 11) is 0. The molecule has 2 saturated heterocycles. The summed E-state index contributed by atoms with van der Waals surface area (Å²) in [5, 5.41) is 4.02. The zero-order valence-corrected chi connectivity index (χ0v) is 13.7. The number of benzene rings is 1. The number of ether oxygens (including phenoxy) is 1. The van der Waals surface area contributed by atoms with Crippen molar-refractivity contribution >= 4 is 17.5 Å². The minimum absolute atomic E-state index is 0.0444. The van der Waals surface area contributed by atoms with Crippen LogP contribution in [0.4, 0.5) is 0 Å². The highest BCUT2D eigenvalue weighted by Crippen LogP contribution is 2.27. The summed E-state index contributed by atoms with van der Waals surface area (Å²) in [5.74, 6) is 1.16. The molecule has 22 heavy (non-hydrogen) atoms. The number of amides is 1. The summed E-state index contributed by atoms with van der Waals surface area (Å²) in [6, 6.07) is 7.93. The maximum atomic E-state index is 12.6. The second kappa shape index (κ2) is 6.88. The number of hydrogen-bond donors (Lipinski definition) is 1. The van der Waals surface area contributed by atoms with E-state index in [1.54, 1.807) is 0 Å². The molecule has 0 aromatic heterocycles. The van der Waals surface area contributed by atoms with E-state index in [1.807, 2.05) is 29.2 Å². The van der Waals surface area contributed by atoms with Crippen molar-refractivity contribution in [1.82, 2.24) is 10.2 Å². The Morgan fingerprint density at radius 3 is 2.95 bits per heavy atom. The van der Waals surface area contributed by atoms with Gasteiger partial charge in [0.1, 0.15) is 11.9 Å². The molecule has 0 bridgehead atoms. The molecule has 0 saturated carbocycles. The van der Waals surface area contributed by atoms with Crippen molar-refractivity contribution in [3.8, 4) is 5.75 Å². The molecule has 3 atom stereocenters. The van der Waals surface area contributed by atoms with E-state index in [0.29, 0.717) is 29.3 Å². The molecule has 1 unspecified atom stereocenters. The molecule has 5 heteroatoms. The molecule has 1 aromatic carbocycles. The lowest BCUT2D eigenvalue weighted by molar-refractivity contribution is -0.135. The lowest BCUT2D eigenvalue weighted by Crippen LogP contribution is -2.43. The lowest BCUT2D eigenvalue weighted by atomic mass is 9.92. The van der Waals surface area contributed by atoms with Crippen LogP contribution in [0, 0.1) is 5.92 Å². The number of halogens is 1. The van der Waals surface area contributed by atoms with Crippen LogP contribution in [0.15, 0.2) is 24.3 Å². The summed E-state index contributed by atoms with van der Waals surface area (Å²) in [4.78, 5) is 14.6. The Balaban J connectivity index is 1.55.